The van der Waals surface area contributed by atoms with Crippen LogP contribution in [0.5, 0.6) is 0 Å². The van der Waals surface area contributed by atoms with Crippen molar-refractivity contribution < 1.29 is 9.59 Å². The van der Waals surface area contributed by atoms with Gasteiger partial charge in [-0.25, -0.2) is 0 Å². The number of carbonyl (C=O) groups is 2. The summed E-state index contributed by atoms with van der Waals surface area (Å²) in [6.45, 7) is 0.584. The van der Waals surface area contributed by atoms with E-state index in [2.05, 4.69) is 4.98 Å². The number of rotatable bonds is 11. The number of hydrogen-bond donors (Lipinski definition) is 2. The maximum atomic E-state index is 12.8. The summed E-state index contributed by atoms with van der Waals surface area (Å²) in [5, 5.41) is 0. The van der Waals surface area contributed by atoms with Crippen LogP contribution in [0.25, 0.3) is 6.08 Å². The fourth-order valence-electron chi connectivity index (χ4n) is 2.91. The predicted octanol–water partition coefficient (Wildman–Crippen LogP) is 3.54. The van der Waals surface area contributed by atoms with E-state index in [-0.39, 0.29) is 11.8 Å². The molecule has 0 atom stereocenters. The number of benzene rings is 1. The average Bonchev–Trinajstić information content (AvgIpc) is 2.70. The van der Waals surface area contributed by atoms with Crippen LogP contribution in [0.1, 0.15) is 44.1 Å². The molecule has 0 fully saturated rings. The van der Waals surface area contributed by atoms with Crippen LogP contribution in [0.15, 0.2) is 54.9 Å². The molecule has 0 bridgehead atoms. The van der Waals surface area contributed by atoms with E-state index in [0.29, 0.717) is 18.7 Å². The first-order chi connectivity index (χ1) is 13.6. The van der Waals surface area contributed by atoms with Gasteiger partial charge < -0.3 is 16.4 Å². The molecule has 2 aromatic rings. The average molecular weight is 380 g/mol. The van der Waals surface area contributed by atoms with E-state index in [1.807, 2.05) is 30.3 Å². The molecule has 0 unspecified atom stereocenters. The third-order valence-electron chi connectivity index (χ3n) is 4.40. The Morgan fingerprint density at radius 3 is 2.46 bits per heavy atom. The molecule has 1 heterocycles. The summed E-state index contributed by atoms with van der Waals surface area (Å²) in [7, 11) is 0. The van der Waals surface area contributed by atoms with Crippen LogP contribution in [-0.2, 0) is 9.59 Å². The molecule has 4 N–H and O–H groups in total. The summed E-state index contributed by atoms with van der Waals surface area (Å²) in [6, 6.07) is 11.1. The van der Waals surface area contributed by atoms with Gasteiger partial charge in [0.2, 0.25) is 5.91 Å². The molecule has 1 aromatic carbocycles. The predicted molar refractivity (Wildman–Crippen MR) is 113 cm³/mol. The Kier molecular flexibility index (Phi) is 8.72. The molecule has 28 heavy (non-hydrogen) atoms. The van der Waals surface area contributed by atoms with Crippen molar-refractivity contribution in [1.29, 1.82) is 0 Å². The summed E-state index contributed by atoms with van der Waals surface area (Å²) in [4.78, 5) is 29.3. The zero-order chi connectivity index (χ0) is 20.2. The van der Waals surface area contributed by atoms with Crippen molar-refractivity contribution in [2.45, 2.75) is 38.5 Å². The first-order valence-electron chi connectivity index (χ1n) is 9.60. The van der Waals surface area contributed by atoms with Crippen molar-refractivity contribution in [3.8, 4) is 0 Å². The number of primary amides is 1. The van der Waals surface area contributed by atoms with E-state index in [1.165, 1.54) is 0 Å². The molecule has 0 radical (unpaired) electrons. The Hall–Kier alpha value is -3.15. The third kappa shape index (κ3) is 7.23. The normalized spacial score (nSPS) is 10.9. The summed E-state index contributed by atoms with van der Waals surface area (Å²) in [5.41, 5.74) is 13.4. The highest BCUT2D eigenvalue weighted by molar-refractivity contribution is 6.05. The number of unbranched alkanes of at least 4 members (excludes halogenated alkanes) is 4. The lowest BCUT2D eigenvalue weighted by molar-refractivity contribution is -0.118. The number of nitrogens with two attached hydrogens (primary N) is 2. The van der Waals surface area contributed by atoms with E-state index in [4.69, 9.17) is 11.5 Å². The fourth-order valence-corrected chi connectivity index (χ4v) is 2.91. The standard InChI is InChI=1S/C22H28N4O2/c23-19-10-5-6-11-20(19)26(16-7-3-1-2-4-12-21(24)27)22(28)14-13-18-9-8-15-25-17-18/h5-6,8-11,13-15,17H,1-4,7,12,16,23H2,(H2,24,27)/b14-13+. The number of nitrogens with zero attached hydrogens (tertiary/aromatic N) is 2. The molecule has 0 aliphatic heterocycles. The maximum Gasteiger partial charge on any atom is 0.251 e. The minimum Gasteiger partial charge on any atom is -0.397 e. The van der Waals surface area contributed by atoms with Gasteiger partial charge >= 0.3 is 0 Å². The van der Waals surface area contributed by atoms with E-state index in [9.17, 15) is 9.59 Å². The molecule has 0 spiro atoms. The zero-order valence-electron chi connectivity index (χ0n) is 16.1. The molecule has 6 nitrogen and oxygen atoms in total. The summed E-state index contributed by atoms with van der Waals surface area (Å²) >= 11 is 0. The van der Waals surface area contributed by atoms with Crippen molar-refractivity contribution in [2.24, 2.45) is 5.73 Å². The van der Waals surface area contributed by atoms with E-state index < -0.39 is 0 Å². The molecule has 2 rings (SSSR count). The first-order valence-corrected chi connectivity index (χ1v) is 9.60. The second-order valence-electron chi connectivity index (χ2n) is 6.65. The summed E-state index contributed by atoms with van der Waals surface area (Å²) in [5.74, 6) is -0.368. The number of carbonyl (C=O) groups excluding carboxylic acids is 2. The van der Waals surface area contributed by atoms with Gasteiger partial charge in [-0.3, -0.25) is 14.6 Å². The Labute approximate surface area is 166 Å². The van der Waals surface area contributed by atoms with Gasteiger partial charge in [-0.1, -0.05) is 37.5 Å². The molecular weight excluding hydrogens is 352 g/mol. The second-order valence-corrected chi connectivity index (χ2v) is 6.65. The van der Waals surface area contributed by atoms with E-state index in [0.717, 1.165) is 43.4 Å². The molecule has 6 heteroatoms. The number of amides is 2. The highest BCUT2D eigenvalue weighted by atomic mass is 16.2. The second kappa shape index (κ2) is 11.5. The number of hydrogen-bond acceptors (Lipinski definition) is 4. The Balaban J connectivity index is 1.96. The smallest absolute Gasteiger partial charge is 0.251 e. The molecule has 148 valence electrons. The van der Waals surface area contributed by atoms with Crippen LogP contribution in [0.2, 0.25) is 0 Å². The maximum absolute atomic E-state index is 12.8. The van der Waals surface area contributed by atoms with Gasteiger partial charge in [-0.05, 0) is 42.7 Å². The van der Waals surface area contributed by atoms with Crippen molar-refractivity contribution in [3.63, 3.8) is 0 Å². The van der Waals surface area contributed by atoms with Crippen molar-refractivity contribution in [1.82, 2.24) is 4.98 Å². The van der Waals surface area contributed by atoms with Gasteiger partial charge in [0.15, 0.2) is 0 Å². The first kappa shape index (κ1) is 21.2. The molecule has 2 amide bonds. The lowest BCUT2D eigenvalue weighted by atomic mass is 10.1. The van der Waals surface area contributed by atoms with Crippen molar-refractivity contribution in [3.05, 3.63) is 60.4 Å². The van der Waals surface area contributed by atoms with Gasteiger partial charge in [0.05, 0.1) is 11.4 Å². The van der Waals surface area contributed by atoms with Gasteiger partial charge in [0.1, 0.15) is 0 Å². The SMILES string of the molecule is NC(=O)CCCCCCCN(C(=O)/C=C/c1cccnc1)c1ccccc1N. The third-order valence-corrected chi connectivity index (χ3v) is 4.40. The van der Waals surface area contributed by atoms with Crippen LogP contribution < -0.4 is 16.4 Å². The number of anilines is 2. The topological polar surface area (TPSA) is 102 Å². The number of para-hydroxylation sites is 2. The fraction of sp³-hybridized carbons (Fsp3) is 0.318. The summed E-state index contributed by atoms with van der Waals surface area (Å²) < 4.78 is 0. The zero-order valence-corrected chi connectivity index (χ0v) is 16.1. The lowest BCUT2D eigenvalue weighted by Crippen LogP contribution is -2.31. The molecule has 0 aliphatic carbocycles. The number of pyridine rings is 1. The molecular formula is C22H28N4O2. The van der Waals surface area contributed by atoms with Crippen LogP contribution >= 0.6 is 0 Å². The molecule has 0 saturated heterocycles. The number of aromatic nitrogens is 1. The van der Waals surface area contributed by atoms with Gasteiger partial charge in [0.25, 0.3) is 5.91 Å². The Morgan fingerprint density at radius 1 is 1.00 bits per heavy atom. The van der Waals surface area contributed by atoms with Crippen LogP contribution in [-0.4, -0.2) is 23.3 Å². The molecule has 1 aromatic heterocycles. The quantitative estimate of drug-likeness (QED) is 0.353. The largest absolute Gasteiger partial charge is 0.397 e. The highest BCUT2D eigenvalue weighted by Crippen LogP contribution is 2.24. The minimum absolute atomic E-state index is 0.115. The monoisotopic (exact) mass is 380 g/mol. The van der Waals surface area contributed by atoms with E-state index >= 15 is 0 Å². The summed E-state index contributed by atoms with van der Waals surface area (Å²) in [6.07, 6.45) is 11.8. The lowest BCUT2D eigenvalue weighted by Gasteiger charge is -2.23. The Morgan fingerprint density at radius 2 is 1.75 bits per heavy atom. The van der Waals surface area contributed by atoms with Gasteiger partial charge in [-0.15, -0.1) is 0 Å². The van der Waals surface area contributed by atoms with Crippen molar-refractivity contribution in [2.75, 3.05) is 17.2 Å². The van der Waals surface area contributed by atoms with E-state index in [1.54, 1.807) is 35.5 Å². The van der Waals surface area contributed by atoms with Crippen molar-refractivity contribution >= 4 is 29.3 Å². The molecule has 0 aliphatic rings. The van der Waals surface area contributed by atoms with Crippen LogP contribution in [0.4, 0.5) is 11.4 Å². The van der Waals surface area contributed by atoms with Gasteiger partial charge in [0, 0.05) is 31.4 Å². The highest BCUT2D eigenvalue weighted by Gasteiger charge is 2.15. The van der Waals surface area contributed by atoms with Crippen LogP contribution in [0.3, 0.4) is 0 Å². The number of nitrogen functional groups attached to an aromatic ring is 1. The van der Waals surface area contributed by atoms with Gasteiger partial charge in [-0.2, -0.15) is 0 Å². The molecule has 0 saturated carbocycles. The van der Waals surface area contributed by atoms with Crippen LogP contribution in [0, 0.1) is 0 Å². The Bertz CT molecular complexity index is 790. The minimum atomic E-state index is -0.253.